The molecule has 1 aliphatic rings. The van der Waals surface area contributed by atoms with Crippen molar-refractivity contribution in [3.8, 4) is 0 Å². The van der Waals surface area contributed by atoms with Gasteiger partial charge in [-0.2, -0.15) is 0 Å². The normalized spacial score (nSPS) is 22.0. The molecule has 0 bridgehead atoms. The van der Waals surface area contributed by atoms with Crippen LogP contribution in [0, 0.1) is 5.82 Å². The molecule has 1 atom stereocenters. The number of benzene rings is 1. The lowest BCUT2D eigenvalue weighted by molar-refractivity contribution is 0.518. The highest BCUT2D eigenvalue weighted by Gasteiger charge is 2.19. The second kappa shape index (κ2) is 2.87. The summed E-state index contributed by atoms with van der Waals surface area (Å²) in [6.07, 6.45) is 2.96. The highest BCUT2D eigenvalue weighted by atomic mass is 19.1. The predicted octanol–water partition coefficient (Wildman–Crippen LogP) is 2.16. The van der Waals surface area contributed by atoms with Gasteiger partial charge in [-0.25, -0.2) is 4.39 Å². The summed E-state index contributed by atoms with van der Waals surface area (Å²) in [6, 6.07) is 5.13. The van der Waals surface area contributed by atoms with Crippen LogP contribution in [0.4, 0.5) is 4.39 Å². The molecule has 12 heavy (non-hydrogen) atoms. The van der Waals surface area contributed by atoms with Crippen LogP contribution in [0.5, 0.6) is 0 Å². The van der Waals surface area contributed by atoms with E-state index in [1.54, 1.807) is 6.07 Å². The Kier molecular flexibility index (Phi) is 1.85. The highest BCUT2D eigenvalue weighted by Crippen LogP contribution is 2.29. The third-order valence-electron chi connectivity index (χ3n) is 2.48. The number of rotatable bonds is 0. The minimum atomic E-state index is -0.139. The quantitative estimate of drug-likeness (QED) is 0.626. The van der Waals surface area contributed by atoms with Crippen molar-refractivity contribution in [2.24, 2.45) is 5.73 Å². The molecule has 1 aromatic rings. The Labute approximate surface area is 71.4 Å². The molecule has 0 aromatic heterocycles. The number of halogens is 1. The van der Waals surface area contributed by atoms with Crippen LogP contribution in [-0.4, -0.2) is 0 Å². The molecule has 2 rings (SSSR count). The van der Waals surface area contributed by atoms with E-state index < -0.39 is 0 Å². The van der Waals surface area contributed by atoms with Crippen LogP contribution in [0.1, 0.15) is 30.0 Å². The van der Waals surface area contributed by atoms with Gasteiger partial charge in [0, 0.05) is 11.6 Å². The summed E-state index contributed by atoms with van der Waals surface area (Å²) in [5, 5.41) is 0. The summed E-state index contributed by atoms with van der Waals surface area (Å²) in [4.78, 5) is 0. The molecule has 1 aromatic carbocycles. The molecule has 1 unspecified atom stereocenters. The Morgan fingerprint density at radius 2 is 2.25 bits per heavy atom. The first-order valence-corrected chi connectivity index (χ1v) is 4.32. The van der Waals surface area contributed by atoms with Crippen molar-refractivity contribution in [2.45, 2.75) is 25.3 Å². The first-order chi connectivity index (χ1) is 5.79. The van der Waals surface area contributed by atoms with Crippen LogP contribution in [0.3, 0.4) is 0 Å². The van der Waals surface area contributed by atoms with Crippen LogP contribution in [0.15, 0.2) is 18.2 Å². The van der Waals surface area contributed by atoms with Crippen LogP contribution >= 0.6 is 0 Å². The summed E-state index contributed by atoms with van der Waals surface area (Å²) in [7, 11) is 0. The molecule has 0 heterocycles. The van der Waals surface area contributed by atoms with Crippen molar-refractivity contribution in [3.05, 3.63) is 35.1 Å². The highest BCUT2D eigenvalue weighted by molar-refractivity contribution is 5.33. The number of hydrogen-bond donors (Lipinski definition) is 1. The zero-order valence-corrected chi connectivity index (χ0v) is 6.89. The summed E-state index contributed by atoms with van der Waals surface area (Å²) < 4.78 is 13.2. The molecule has 0 aliphatic heterocycles. The molecule has 0 spiro atoms. The smallest absolute Gasteiger partial charge is 0.128 e. The van der Waals surface area contributed by atoms with Gasteiger partial charge in [0.1, 0.15) is 5.82 Å². The third kappa shape index (κ3) is 1.12. The van der Waals surface area contributed by atoms with Crippen molar-refractivity contribution in [2.75, 3.05) is 0 Å². The molecular weight excluding hydrogens is 153 g/mol. The summed E-state index contributed by atoms with van der Waals surface area (Å²) in [5.41, 5.74) is 7.64. The predicted molar refractivity (Wildman–Crippen MR) is 46.3 cm³/mol. The van der Waals surface area contributed by atoms with Gasteiger partial charge >= 0.3 is 0 Å². The zero-order valence-electron chi connectivity index (χ0n) is 6.89. The first-order valence-electron chi connectivity index (χ1n) is 4.32. The van der Waals surface area contributed by atoms with E-state index in [2.05, 4.69) is 0 Å². The molecule has 0 radical (unpaired) electrons. The van der Waals surface area contributed by atoms with E-state index in [0.29, 0.717) is 0 Å². The van der Waals surface area contributed by atoms with Crippen LogP contribution in [0.2, 0.25) is 0 Å². The Bertz CT molecular complexity index is 296. The Hall–Kier alpha value is -0.890. The molecule has 64 valence electrons. The van der Waals surface area contributed by atoms with Crippen LogP contribution in [0.25, 0.3) is 0 Å². The topological polar surface area (TPSA) is 26.0 Å². The minimum Gasteiger partial charge on any atom is -0.324 e. The maximum atomic E-state index is 13.2. The average molecular weight is 165 g/mol. The number of fused-ring (bicyclic) bond motifs is 1. The molecule has 0 saturated carbocycles. The fraction of sp³-hybridized carbons (Fsp3) is 0.400. The fourth-order valence-corrected chi connectivity index (χ4v) is 1.87. The van der Waals surface area contributed by atoms with Crippen molar-refractivity contribution < 1.29 is 4.39 Å². The van der Waals surface area contributed by atoms with Gasteiger partial charge in [-0.15, -0.1) is 0 Å². The molecule has 2 N–H and O–H groups in total. The fourth-order valence-electron chi connectivity index (χ4n) is 1.87. The monoisotopic (exact) mass is 165 g/mol. The zero-order chi connectivity index (χ0) is 8.55. The van der Waals surface area contributed by atoms with Crippen molar-refractivity contribution >= 4 is 0 Å². The molecule has 0 amide bonds. The molecular formula is C10H12FN. The van der Waals surface area contributed by atoms with Gasteiger partial charge in [0.25, 0.3) is 0 Å². The van der Waals surface area contributed by atoms with Gasteiger partial charge in [0.2, 0.25) is 0 Å². The van der Waals surface area contributed by atoms with E-state index in [4.69, 9.17) is 5.73 Å². The summed E-state index contributed by atoms with van der Waals surface area (Å²) in [6.45, 7) is 0. The second-order valence-corrected chi connectivity index (χ2v) is 3.31. The summed E-state index contributed by atoms with van der Waals surface area (Å²) >= 11 is 0. The molecule has 0 fully saturated rings. The van der Waals surface area contributed by atoms with Crippen LogP contribution < -0.4 is 5.73 Å². The molecule has 0 saturated heterocycles. The van der Waals surface area contributed by atoms with Gasteiger partial charge in [0.05, 0.1) is 0 Å². The van der Waals surface area contributed by atoms with E-state index in [-0.39, 0.29) is 11.9 Å². The van der Waals surface area contributed by atoms with Gasteiger partial charge in [-0.05, 0) is 30.9 Å². The van der Waals surface area contributed by atoms with E-state index in [1.165, 1.54) is 6.07 Å². The lowest BCUT2D eigenvalue weighted by Gasteiger charge is -2.22. The molecule has 2 heteroatoms. The molecule has 1 nitrogen and oxygen atoms in total. The van der Waals surface area contributed by atoms with Crippen LogP contribution in [-0.2, 0) is 6.42 Å². The van der Waals surface area contributed by atoms with E-state index in [9.17, 15) is 4.39 Å². The maximum absolute atomic E-state index is 13.2. The maximum Gasteiger partial charge on any atom is 0.128 e. The van der Waals surface area contributed by atoms with Gasteiger partial charge in [-0.3, -0.25) is 0 Å². The Morgan fingerprint density at radius 3 is 3.00 bits per heavy atom. The Morgan fingerprint density at radius 1 is 1.42 bits per heavy atom. The standard InChI is InChI=1S/C10H12FN/c11-8-5-1-3-7-4-2-6-9(12)10(7)8/h1,3,5,9H,2,4,6,12H2. The minimum absolute atomic E-state index is 0.0880. The average Bonchev–Trinajstić information content (AvgIpc) is 2.04. The van der Waals surface area contributed by atoms with E-state index >= 15 is 0 Å². The first kappa shape index (κ1) is 7.74. The van der Waals surface area contributed by atoms with Crippen molar-refractivity contribution in [1.29, 1.82) is 0 Å². The number of nitrogens with two attached hydrogens (primary N) is 1. The Balaban J connectivity index is 2.53. The lowest BCUT2D eigenvalue weighted by Crippen LogP contribution is -2.18. The van der Waals surface area contributed by atoms with Gasteiger partial charge < -0.3 is 5.73 Å². The second-order valence-electron chi connectivity index (χ2n) is 3.31. The SMILES string of the molecule is NC1CCCc2cccc(F)c21. The van der Waals surface area contributed by atoms with Crippen molar-refractivity contribution in [3.63, 3.8) is 0 Å². The largest absolute Gasteiger partial charge is 0.324 e. The number of aryl methyl sites for hydroxylation is 1. The summed E-state index contributed by atoms with van der Waals surface area (Å²) in [5.74, 6) is -0.139. The van der Waals surface area contributed by atoms with Gasteiger partial charge in [-0.1, -0.05) is 12.1 Å². The van der Waals surface area contributed by atoms with E-state index in [1.807, 2.05) is 6.07 Å². The van der Waals surface area contributed by atoms with E-state index in [0.717, 1.165) is 30.4 Å². The third-order valence-corrected chi connectivity index (χ3v) is 2.48. The van der Waals surface area contributed by atoms with Gasteiger partial charge in [0.15, 0.2) is 0 Å². The number of hydrogen-bond acceptors (Lipinski definition) is 1. The van der Waals surface area contributed by atoms with Crippen molar-refractivity contribution in [1.82, 2.24) is 0 Å². The lowest BCUT2D eigenvalue weighted by atomic mass is 9.88. The molecule has 1 aliphatic carbocycles.